The summed E-state index contributed by atoms with van der Waals surface area (Å²) in [7, 11) is 0. The molecule has 3 aromatic rings. The SMILES string of the molecule is O=C(CCSc1ccccc1)N1CCN(Cc2csc(-c3ccccc3)n2)CC1. The molecular weight excluding hydrogens is 398 g/mol. The maximum Gasteiger partial charge on any atom is 0.223 e. The lowest BCUT2D eigenvalue weighted by Gasteiger charge is -2.34. The largest absolute Gasteiger partial charge is 0.340 e. The molecule has 1 amide bonds. The molecule has 0 saturated carbocycles. The zero-order chi connectivity index (χ0) is 19.9. The number of thiazole rings is 1. The average Bonchev–Trinajstić information content (AvgIpc) is 3.24. The van der Waals surface area contributed by atoms with Crippen LogP contribution in [0.3, 0.4) is 0 Å². The molecule has 1 fully saturated rings. The lowest BCUT2D eigenvalue weighted by molar-refractivity contribution is -0.132. The third-order valence-corrected chi connectivity index (χ3v) is 6.96. The highest BCUT2D eigenvalue weighted by molar-refractivity contribution is 7.99. The molecule has 29 heavy (non-hydrogen) atoms. The van der Waals surface area contributed by atoms with Gasteiger partial charge in [0.2, 0.25) is 5.91 Å². The van der Waals surface area contributed by atoms with Gasteiger partial charge in [-0.15, -0.1) is 23.1 Å². The summed E-state index contributed by atoms with van der Waals surface area (Å²) < 4.78 is 0. The number of carbonyl (C=O) groups is 1. The van der Waals surface area contributed by atoms with Crippen LogP contribution in [0.4, 0.5) is 0 Å². The normalized spacial score (nSPS) is 14.8. The van der Waals surface area contributed by atoms with Gasteiger partial charge in [0.15, 0.2) is 0 Å². The number of aromatic nitrogens is 1. The molecule has 2 heterocycles. The van der Waals surface area contributed by atoms with E-state index in [1.165, 1.54) is 10.5 Å². The van der Waals surface area contributed by atoms with E-state index in [-0.39, 0.29) is 5.91 Å². The van der Waals surface area contributed by atoms with E-state index in [1.807, 2.05) is 41.3 Å². The minimum Gasteiger partial charge on any atom is -0.340 e. The van der Waals surface area contributed by atoms with Crippen LogP contribution in [0.25, 0.3) is 10.6 Å². The number of rotatable bonds is 7. The molecular formula is C23H25N3OS2. The second-order valence-corrected chi connectivity index (χ2v) is 9.10. The van der Waals surface area contributed by atoms with Gasteiger partial charge in [-0.25, -0.2) is 4.98 Å². The van der Waals surface area contributed by atoms with Crippen molar-refractivity contribution in [1.82, 2.24) is 14.8 Å². The fourth-order valence-corrected chi connectivity index (χ4v) is 5.09. The molecule has 1 aromatic heterocycles. The molecule has 1 saturated heterocycles. The minimum atomic E-state index is 0.271. The fraction of sp³-hybridized carbons (Fsp3) is 0.304. The van der Waals surface area contributed by atoms with Gasteiger partial charge in [0, 0.05) is 60.7 Å². The Kier molecular flexibility index (Phi) is 6.98. The van der Waals surface area contributed by atoms with Gasteiger partial charge in [-0.1, -0.05) is 48.5 Å². The molecule has 4 rings (SSSR count). The summed E-state index contributed by atoms with van der Waals surface area (Å²) in [4.78, 5) is 22.9. The van der Waals surface area contributed by atoms with Crippen LogP contribution in [0.15, 0.2) is 70.9 Å². The van der Waals surface area contributed by atoms with Gasteiger partial charge in [-0.3, -0.25) is 9.69 Å². The summed E-state index contributed by atoms with van der Waals surface area (Å²) in [5.74, 6) is 1.11. The highest BCUT2D eigenvalue weighted by Gasteiger charge is 2.21. The number of hydrogen-bond acceptors (Lipinski definition) is 5. The van der Waals surface area contributed by atoms with E-state index < -0.39 is 0 Å². The first-order valence-corrected chi connectivity index (χ1v) is 11.8. The Morgan fingerprint density at radius 3 is 2.38 bits per heavy atom. The molecule has 1 aliphatic rings. The Balaban J connectivity index is 1.20. The highest BCUT2D eigenvalue weighted by Crippen LogP contribution is 2.24. The van der Waals surface area contributed by atoms with E-state index in [2.05, 4.69) is 34.5 Å². The standard InChI is InChI=1S/C23H25N3OS2/c27-22(11-16-28-21-9-5-2-6-10-21)26-14-12-25(13-15-26)17-20-18-29-23(24-20)19-7-3-1-4-8-19/h1-10,18H,11-17H2. The van der Waals surface area contributed by atoms with Crippen molar-refractivity contribution >= 4 is 29.0 Å². The van der Waals surface area contributed by atoms with Crippen LogP contribution in [0, 0.1) is 0 Å². The van der Waals surface area contributed by atoms with Crippen molar-refractivity contribution in [2.75, 3.05) is 31.9 Å². The summed E-state index contributed by atoms with van der Waals surface area (Å²) in [5, 5.41) is 3.23. The lowest BCUT2D eigenvalue weighted by atomic mass is 10.2. The number of benzene rings is 2. The first kappa shape index (κ1) is 20.1. The first-order valence-electron chi connectivity index (χ1n) is 9.96. The molecule has 150 valence electrons. The van der Waals surface area contributed by atoms with Crippen molar-refractivity contribution in [3.05, 3.63) is 71.7 Å². The molecule has 0 spiro atoms. The predicted octanol–water partition coefficient (Wildman–Crippen LogP) is 4.64. The van der Waals surface area contributed by atoms with E-state index in [9.17, 15) is 4.79 Å². The van der Waals surface area contributed by atoms with E-state index in [0.29, 0.717) is 6.42 Å². The maximum atomic E-state index is 12.5. The summed E-state index contributed by atoms with van der Waals surface area (Å²) in [6, 6.07) is 20.6. The van der Waals surface area contributed by atoms with E-state index in [1.54, 1.807) is 23.1 Å². The van der Waals surface area contributed by atoms with Gasteiger partial charge < -0.3 is 4.90 Å². The quantitative estimate of drug-likeness (QED) is 0.519. The monoisotopic (exact) mass is 423 g/mol. The Bertz CT molecular complexity index is 906. The molecule has 0 unspecified atom stereocenters. The van der Waals surface area contributed by atoms with Crippen molar-refractivity contribution in [2.45, 2.75) is 17.9 Å². The number of piperazine rings is 1. The summed E-state index contributed by atoms with van der Waals surface area (Å²) in [5.41, 5.74) is 2.29. The maximum absolute atomic E-state index is 12.5. The van der Waals surface area contributed by atoms with Gasteiger partial charge >= 0.3 is 0 Å². The predicted molar refractivity (Wildman–Crippen MR) is 121 cm³/mol. The Morgan fingerprint density at radius 1 is 0.966 bits per heavy atom. The van der Waals surface area contributed by atoms with Crippen LogP contribution in [0.1, 0.15) is 12.1 Å². The molecule has 0 bridgehead atoms. The van der Waals surface area contributed by atoms with Crippen LogP contribution < -0.4 is 0 Å². The molecule has 4 nitrogen and oxygen atoms in total. The third-order valence-electron chi connectivity index (χ3n) is 5.01. The van der Waals surface area contributed by atoms with Gasteiger partial charge in [0.25, 0.3) is 0 Å². The molecule has 0 N–H and O–H groups in total. The Hall–Kier alpha value is -2.15. The lowest BCUT2D eigenvalue weighted by Crippen LogP contribution is -2.48. The van der Waals surface area contributed by atoms with Gasteiger partial charge in [0.05, 0.1) is 5.69 Å². The van der Waals surface area contributed by atoms with Crippen LogP contribution in [0.2, 0.25) is 0 Å². The Morgan fingerprint density at radius 2 is 1.66 bits per heavy atom. The number of nitrogens with zero attached hydrogens (tertiary/aromatic N) is 3. The second kappa shape index (κ2) is 10.1. The van der Waals surface area contributed by atoms with Crippen LogP contribution in [-0.4, -0.2) is 52.6 Å². The van der Waals surface area contributed by atoms with Crippen LogP contribution in [0.5, 0.6) is 0 Å². The van der Waals surface area contributed by atoms with Crippen LogP contribution in [-0.2, 0) is 11.3 Å². The van der Waals surface area contributed by atoms with Crippen LogP contribution >= 0.6 is 23.1 Å². The molecule has 6 heteroatoms. The smallest absolute Gasteiger partial charge is 0.223 e. The van der Waals surface area contributed by atoms with Gasteiger partial charge in [-0.05, 0) is 12.1 Å². The summed E-state index contributed by atoms with van der Waals surface area (Å²) in [6.07, 6.45) is 0.603. The number of amides is 1. The average molecular weight is 424 g/mol. The van der Waals surface area contributed by atoms with Crippen molar-refractivity contribution in [2.24, 2.45) is 0 Å². The van der Waals surface area contributed by atoms with E-state index in [0.717, 1.165) is 49.2 Å². The molecule has 2 aromatic carbocycles. The van der Waals surface area contributed by atoms with E-state index in [4.69, 9.17) is 4.98 Å². The second-order valence-electron chi connectivity index (χ2n) is 7.08. The number of hydrogen-bond donors (Lipinski definition) is 0. The van der Waals surface area contributed by atoms with Gasteiger partial charge in [-0.2, -0.15) is 0 Å². The minimum absolute atomic E-state index is 0.271. The van der Waals surface area contributed by atoms with Gasteiger partial charge in [0.1, 0.15) is 5.01 Å². The highest BCUT2D eigenvalue weighted by atomic mass is 32.2. The topological polar surface area (TPSA) is 36.4 Å². The van der Waals surface area contributed by atoms with Crippen molar-refractivity contribution in [3.63, 3.8) is 0 Å². The third kappa shape index (κ3) is 5.69. The number of thioether (sulfide) groups is 1. The van der Waals surface area contributed by atoms with Crippen molar-refractivity contribution in [1.29, 1.82) is 0 Å². The molecule has 0 aliphatic carbocycles. The molecule has 0 radical (unpaired) electrons. The molecule has 0 atom stereocenters. The summed E-state index contributed by atoms with van der Waals surface area (Å²) >= 11 is 3.45. The Labute approximate surface area is 180 Å². The number of carbonyl (C=O) groups excluding carboxylic acids is 1. The first-order chi connectivity index (χ1) is 14.3. The van der Waals surface area contributed by atoms with E-state index >= 15 is 0 Å². The van der Waals surface area contributed by atoms with Crippen molar-refractivity contribution < 1.29 is 4.79 Å². The van der Waals surface area contributed by atoms with Crippen molar-refractivity contribution in [3.8, 4) is 10.6 Å². The fourth-order valence-electron chi connectivity index (χ4n) is 3.41. The summed E-state index contributed by atoms with van der Waals surface area (Å²) in [6.45, 7) is 4.30. The zero-order valence-electron chi connectivity index (χ0n) is 16.4. The zero-order valence-corrected chi connectivity index (χ0v) is 18.0. The molecule has 1 aliphatic heterocycles.